The van der Waals surface area contributed by atoms with E-state index in [0.29, 0.717) is 11.1 Å². The Morgan fingerprint density at radius 1 is 1.12 bits per heavy atom. The van der Waals surface area contributed by atoms with Gasteiger partial charge in [0.25, 0.3) is 0 Å². The van der Waals surface area contributed by atoms with Crippen molar-refractivity contribution in [2.75, 3.05) is 33.2 Å². The summed E-state index contributed by atoms with van der Waals surface area (Å²) in [6.45, 7) is 14.1. The summed E-state index contributed by atoms with van der Waals surface area (Å²) in [7, 11) is 2.24. The molecular formula is C13H27N3. The first-order chi connectivity index (χ1) is 7.30. The Balaban J connectivity index is 1.97. The number of piperazine rings is 1. The molecule has 2 heterocycles. The molecule has 1 N–H and O–H groups in total. The summed E-state index contributed by atoms with van der Waals surface area (Å²) in [5, 5.41) is 3.63. The Labute approximate surface area is 100 Å². The summed E-state index contributed by atoms with van der Waals surface area (Å²) in [6.07, 6.45) is 1.28. The van der Waals surface area contributed by atoms with Gasteiger partial charge in [-0.15, -0.1) is 0 Å². The van der Waals surface area contributed by atoms with Crippen molar-refractivity contribution >= 4 is 0 Å². The van der Waals surface area contributed by atoms with Crippen LogP contribution < -0.4 is 5.32 Å². The van der Waals surface area contributed by atoms with Gasteiger partial charge in [-0.25, -0.2) is 0 Å². The molecule has 94 valence electrons. The van der Waals surface area contributed by atoms with Crippen LogP contribution in [-0.2, 0) is 0 Å². The molecule has 16 heavy (non-hydrogen) atoms. The third kappa shape index (κ3) is 2.41. The largest absolute Gasteiger partial charge is 0.310 e. The van der Waals surface area contributed by atoms with Gasteiger partial charge in [-0.3, -0.25) is 9.80 Å². The third-order valence-corrected chi connectivity index (χ3v) is 4.42. The van der Waals surface area contributed by atoms with Crippen molar-refractivity contribution < 1.29 is 0 Å². The summed E-state index contributed by atoms with van der Waals surface area (Å²) >= 11 is 0. The van der Waals surface area contributed by atoms with Crippen LogP contribution >= 0.6 is 0 Å². The first kappa shape index (κ1) is 12.3. The Morgan fingerprint density at radius 3 is 2.31 bits per heavy atom. The molecule has 0 amide bonds. The van der Waals surface area contributed by atoms with Crippen LogP contribution in [0.4, 0.5) is 0 Å². The molecule has 0 aromatic rings. The number of rotatable bonds is 1. The van der Waals surface area contributed by atoms with E-state index in [0.717, 1.165) is 12.6 Å². The highest BCUT2D eigenvalue weighted by atomic mass is 15.3. The molecule has 0 aromatic heterocycles. The zero-order valence-corrected chi connectivity index (χ0v) is 11.5. The monoisotopic (exact) mass is 225 g/mol. The standard InChI is InChI=1S/C13H27N3/c1-12(2)8-11(9-14-12)16-7-6-15(5)13(3,4)10-16/h11,14H,6-10H2,1-5H3. The maximum absolute atomic E-state index is 3.63. The number of nitrogens with zero attached hydrogens (tertiary/aromatic N) is 2. The van der Waals surface area contributed by atoms with Crippen LogP contribution in [0, 0.1) is 0 Å². The molecule has 3 heteroatoms. The summed E-state index contributed by atoms with van der Waals surface area (Å²) in [4.78, 5) is 5.17. The van der Waals surface area contributed by atoms with Gasteiger partial charge in [-0.1, -0.05) is 0 Å². The minimum atomic E-state index is 0.324. The van der Waals surface area contributed by atoms with E-state index in [4.69, 9.17) is 0 Å². The molecule has 0 saturated carbocycles. The van der Waals surface area contributed by atoms with Crippen LogP contribution in [0.2, 0.25) is 0 Å². The molecule has 1 unspecified atom stereocenters. The number of likely N-dealkylation sites (N-methyl/N-ethyl adjacent to an activating group) is 1. The lowest BCUT2D eigenvalue weighted by molar-refractivity contribution is 0.0198. The van der Waals surface area contributed by atoms with E-state index in [9.17, 15) is 0 Å². The number of hydrogen-bond acceptors (Lipinski definition) is 3. The van der Waals surface area contributed by atoms with Crippen molar-refractivity contribution in [2.24, 2.45) is 0 Å². The zero-order chi connectivity index (χ0) is 12.0. The minimum absolute atomic E-state index is 0.324. The average molecular weight is 225 g/mol. The fraction of sp³-hybridized carbons (Fsp3) is 1.00. The smallest absolute Gasteiger partial charge is 0.0277 e. The fourth-order valence-electron chi connectivity index (χ4n) is 2.98. The van der Waals surface area contributed by atoms with Gasteiger partial charge in [0, 0.05) is 43.3 Å². The second kappa shape index (κ2) is 3.97. The van der Waals surface area contributed by atoms with Gasteiger partial charge in [-0.05, 0) is 41.2 Å². The van der Waals surface area contributed by atoms with E-state index < -0.39 is 0 Å². The first-order valence-corrected chi connectivity index (χ1v) is 6.50. The average Bonchev–Trinajstić information content (AvgIpc) is 2.51. The van der Waals surface area contributed by atoms with Crippen LogP contribution in [0.3, 0.4) is 0 Å². The second-order valence-corrected chi connectivity index (χ2v) is 6.83. The molecule has 0 bridgehead atoms. The number of nitrogens with one attached hydrogen (secondary N) is 1. The lowest BCUT2D eigenvalue weighted by atomic mass is 9.95. The summed E-state index contributed by atoms with van der Waals surface area (Å²) in [5.41, 5.74) is 0.656. The van der Waals surface area contributed by atoms with Gasteiger partial charge in [0.1, 0.15) is 0 Å². The highest BCUT2D eigenvalue weighted by molar-refractivity contribution is 4.98. The van der Waals surface area contributed by atoms with Gasteiger partial charge in [-0.2, -0.15) is 0 Å². The van der Waals surface area contributed by atoms with Gasteiger partial charge in [0.05, 0.1) is 0 Å². The molecule has 0 radical (unpaired) electrons. The van der Waals surface area contributed by atoms with Gasteiger partial charge >= 0.3 is 0 Å². The van der Waals surface area contributed by atoms with Crippen molar-refractivity contribution in [3.05, 3.63) is 0 Å². The second-order valence-electron chi connectivity index (χ2n) is 6.83. The van der Waals surface area contributed by atoms with Crippen molar-refractivity contribution in [2.45, 2.75) is 51.2 Å². The van der Waals surface area contributed by atoms with Crippen LogP contribution in [0.25, 0.3) is 0 Å². The van der Waals surface area contributed by atoms with E-state index in [1.807, 2.05) is 0 Å². The Hall–Kier alpha value is -0.120. The molecule has 3 nitrogen and oxygen atoms in total. The predicted octanol–water partition coefficient (Wildman–Crippen LogP) is 1.15. The predicted molar refractivity (Wildman–Crippen MR) is 68.8 cm³/mol. The normalized spacial score (nSPS) is 35.4. The Kier molecular flexibility index (Phi) is 3.06. The van der Waals surface area contributed by atoms with E-state index in [1.54, 1.807) is 0 Å². The summed E-state index contributed by atoms with van der Waals surface area (Å²) in [6, 6.07) is 0.739. The topological polar surface area (TPSA) is 18.5 Å². The van der Waals surface area contributed by atoms with Crippen LogP contribution in [0.1, 0.15) is 34.1 Å². The third-order valence-electron chi connectivity index (χ3n) is 4.42. The summed E-state index contributed by atoms with van der Waals surface area (Å²) < 4.78 is 0. The van der Waals surface area contributed by atoms with Crippen LogP contribution in [-0.4, -0.2) is 60.1 Å². The molecule has 0 aliphatic carbocycles. The van der Waals surface area contributed by atoms with E-state index in [2.05, 4.69) is 49.9 Å². The molecule has 1 atom stereocenters. The van der Waals surface area contributed by atoms with E-state index in [1.165, 1.54) is 26.1 Å². The molecular weight excluding hydrogens is 198 g/mol. The SMILES string of the molecule is CN1CCN(C2CNC(C)(C)C2)CC1(C)C. The summed E-state index contributed by atoms with van der Waals surface area (Å²) in [5.74, 6) is 0. The zero-order valence-electron chi connectivity index (χ0n) is 11.5. The Bertz CT molecular complexity index is 260. The molecule has 0 aromatic carbocycles. The van der Waals surface area contributed by atoms with Crippen molar-refractivity contribution in [3.8, 4) is 0 Å². The minimum Gasteiger partial charge on any atom is -0.310 e. The van der Waals surface area contributed by atoms with Gasteiger partial charge in [0.2, 0.25) is 0 Å². The van der Waals surface area contributed by atoms with E-state index in [-0.39, 0.29) is 0 Å². The molecule has 2 saturated heterocycles. The lowest BCUT2D eigenvalue weighted by Gasteiger charge is -2.47. The molecule has 2 aliphatic rings. The highest BCUT2D eigenvalue weighted by Gasteiger charge is 2.39. The molecule has 2 aliphatic heterocycles. The molecule has 2 fully saturated rings. The Morgan fingerprint density at radius 2 is 1.81 bits per heavy atom. The lowest BCUT2D eigenvalue weighted by Crippen LogP contribution is -2.60. The van der Waals surface area contributed by atoms with Gasteiger partial charge < -0.3 is 5.32 Å². The molecule has 2 rings (SSSR count). The number of hydrogen-bond donors (Lipinski definition) is 1. The van der Waals surface area contributed by atoms with Crippen LogP contribution in [0.5, 0.6) is 0 Å². The molecule has 0 spiro atoms. The fourth-order valence-corrected chi connectivity index (χ4v) is 2.98. The van der Waals surface area contributed by atoms with E-state index >= 15 is 0 Å². The quantitative estimate of drug-likeness (QED) is 0.722. The highest BCUT2D eigenvalue weighted by Crippen LogP contribution is 2.27. The van der Waals surface area contributed by atoms with Crippen molar-refractivity contribution in [1.82, 2.24) is 15.1 Å². The first-order valence-electron chi connectivity index (χ1n) is 6.50. The van der Waals surface area contributed by atoms with Crippen molar-refractivity contribution in [3.63, 3.8) is 0 Å². The maximum Gasteiger partial charge on any atom is 0.0277 e. The van der Waals surface area contributed by atoms with Crippen LogP contribution in [0.15, 0.2) is 0 Å². The van der Waals surface area contributed by atoms with Crippen molar-refractivity contribution in [1.29, 1.82) is 0 Å². The van der Waals surface area contributed by atoms with Gasteiger partial charge in [0.15, 0.2) is 0 Å². The maximum atomic E-state index is 3.63.